The Kier molecular flexibility index (Phi) is 1.66. The highest BCUT2D eigenvalue weighted by atomic mass is 35.5. The fraction of sp³-hybridized carbons (Fsp3) is 0. The first-order valence-electron chi connectivity index (χ1n) is 3.33. The van der Waals surface area contributed by atoms with Gasteiger partial charge in [0.25, 0.3) is 5.71 Å². The van der Waals surface area contributed by atoms with E-state index < -0.39 is 5.97 Å². The number of rotatable bonds is 1. The molecular formula is C7H3ClN2O3. The van der Waals surface area contributed by atoms with E-state index in [2.05, 4.69) is 14.7 Å². The van der Waals surface area contributed by atoms with Crippen molar-refractivity contribution in [2.75, 3.05) is 0 Å². The van der Waals surface area contributed by atoms with Crippen LogP contribution in [0.1, 0.15) is 10.5 Å². The Morgan fingerprint density at radius 2 is 2.31 bits per heavy atom. The highest BCUT2D eigenvalue weighted by Gasteiger charge is 2.15. The van der Waals surface area contributed by atoms with Crippen LogP contribution in [0.15, 0.2) is 16.7 Å². The smallest absolute Gasteiger partial charge is 0.358 e. The molecule has 0 saturated heterocycles. The summed E-state index contributed by atoms with van der Waals surface area (Å²) in [6, 6.07) is 2.98. The second kappa shape index (κ2) is 2.70. The van der Waals surface area contributed by atoms with Gasteiger partial charge >= 0.3 is 5.97 Å². The minimum Gasteiger partial charge on any atom is -0.476 e. The van der Waals surface area contributed by atoms with E-state index >= 15 is 0 Å². The van der Waals surface area contributed by atoms with Gasteiger partial charge in [-0.15, -0.1) is 0 Å². The molecule has 0 bridgehead atoms. The number of hydrogen-bond acceptors (Lipinski definition) is 4. The molecule has 0 radical (unpaired) electrons. The highest BCUT2D eigenvalue weighted by Crippen LogP contribution is 2.18. The SMILES string of the molecule is O=C(O)c1noc2nc(Cl)ccc12. The average molecular weight is 199 g/mol. The maximum Gasteiger partial charge on any atom is 0.358 e. The van der Waals surface area contributed by atoms with Crippen molar-refractivity contribution in [2.24, 2.45) is 0 Å². The van der Waals surface area contributed by atoms with Gasteiger partial charge in [-0.2, -0.15) is 4.98 Å². The zero-order chi connectivity index (χ0) is 9.42. The van der Waals surface area contributed by atoms with Gasteiger partial charge in [-0.3, -0.25) is 0 Å². The lowest BCUT2D eigenvalue weighted by Crippen LogP contribution is -1.96. The van der Waals surface area contributed by atoms with E-state index in [1.807, 2.05) is 0 Å². The minimum absolute atomic E-state index is 0.130. The third-order valence-electron chi connectivity index (χ3n) is 1.51. The van der Waals surface area contributed by atoms with Crippen LogP contribution in [0.2, 0.25) is 5.15 Å². The molecule has 2 aromatic heterocycles. The van der Waals surface area contributed by atoms with Crippen molar-refractivity contribution in [1.82, 2.24) is 10.1 Å². The number of halogens is 1. The molecule has 2 aromatic rings. The predicted octanol–water partition coefficient (Wildman–Crippen LogP) is 1.57. The molecule has 2 heterocycles. The molecule has 0 amide bonds. The third kappa shape index (κ3) is 1.23. The standard InChI is InChI=1S/C7H3ClN2O3/c8-4-2-1-3-5(7(11)12)10-13-6(3)9-4/h1-2H,(H,11,12). The van der Waals surface area contributed by atoms with Crippen LogP contribution in [-0.2, 0) is 0 Å². The van der Waals surface area contributed by atoms with E-state index in [-0.39, 0.29) is 16.6 Å². The van der Waals surface area contributed by atoms with Crippen molar-refractivity contribution in [1.29, 1.82) is 0 Å². The molecule has 0 fully saturated rings. The molecule has 0 unspecified atom stereocenters. The van der Waals surface area contributed by atoms with Gasteiger partial charge < -0.3 is 9.63 Å². The lowest BCUT2D eigenvalue weighted by Gasteiger charge is -1.87. The third-order valence-corrected chi connectivity index (χ3v) is 1.72. The molecule has 0 aromatic carbocycles. The summed E-state index contributed by atoms with van der Waals surface area (Å²) in [5.74, 6) is -1.15. The molecule has 6 heteroatoms. The van der Waals surface area contributed by atoms with Gasteiger partial charge in [0.2, 0.25) is 5.69 Å². The number of hydrogen-bond donors (Lipinski definition) is 1. The fourth-order valence-electron chi connectivity index (χ4n) is 0.960. The topological polar surface area (TPSA) is 76.2 Å². The summed E-state index contributed by atoms with van der Waals surface area (Å²) in [7, 11) is 0. The van der Waals surface area contributed by atoms with Gasteiger partial charge in [-0.25, -0.2) is 4.79 Å². The van der Waals surface area contributed by atoms with Gasteiger partial charge in [0.1, 0.15) is 5.15 Å². The highest BCUT2D eigenvalue weighted by molar-refractivity contribution is 6.29. The maximum atomic E-state index is 10.6. The Labute approximate surface area is 76.9 Å². The molecule has 13 heavy (non-hydrogen) atoms. The van der Waals surface area contributed by atoms with Crippen molar-refractivity contribution in [2.45, 2.75) is 0 Å². The zero-order valence-corrected chi connectivity index (χ0v) is 6.95. The number of fused-ring (bicyclic) bond motifs is 1. The van der Waals surface area contributed by atoms with Crippen molar-refractivity contribution in [3.63, 3.8) is 0 Å². The predicted molar refractivity (Wildman–Crippen MR) is 43.8 cm³/mol. The van der Waals surface area contributed by atoms with E-state index in [1.165, 1.54) is 12.1 Å². The summed E-state index contributed by atoms with van der Waals surface area (Å²) in [5.41, 5.74) is -0.0240. The van der Waals surface area contributed by atoms with Crippen molar-refractivity contribution < 1.29 is 14.4 Å². The Balaban J connectivity index is 2.76. The van der Waals surface area contributed by atoms with E-state index in [9.17, 15) is 4.79 Å². The van der Waals surface area contributed by atoms with E-state index in [0.717, 1.165) is 0 Å². The van der Waals surface area contributed by atoms with Crippen LogP contribution in [-0.4, -0.2) is 21.2 Å². The molecule has 2 rings (SSSR count). The van der Waals surface area contributed by atoms with Gasteiger partial charge in [-0.05, 0) is 12.1 Å². The molecule has 0 spiro atoms. The van der Waals surface area contributed by atoms with Gasteiger partial charge in [0, 0.05) is 0 Å². The number of aromatic nitrogens is 2. The number of carbonyl (C=O) groups is 1. The van der Waals surface area contributed by atoms with Crippen LogP contribution in [0.3, 0.4) is 0 Å². The van der Waals surface area contributed by atoms with Gasteiger partial charge in [0.05, 0.1) is 5.39 Å². The summed E-state index contributed by atoms with van der Waals surface area (Å²) in [5, 5.41) is 12.6. The number of aromatic carboxylic acids is 1. The van der Waals surface area contributed by atoms with Gasteiger partial charge in [-0.1, -0.05) is 16.8 Å². The fourth-order valence-corrected chi connectivity index (χ4v) is 1.10. The summed E-state index contributed by atoms with van der Waals surface area (Å²) in [4.78, 5) is 14.3. The maximum absolute atomic E-state index is 10.6. The van der Waals surface area contributed by atoms with Crippen LogP contribution in [0.4, 0.5) is 0 Å². The lowest BCUT2D eigenvalue weighted by atomic mass is 10.3. The van der Waals surface area contributed by atoms with Crippen LogP contribution >= 0.6 is 11.6 Å². The number of carboxylic acid groups (broad SMARTS) is 1. The largest absolute Gasteiger partial charge is 0.476 e. The monoisotopic (exact) mass is 198 g/mol. The van der Waals surface area contributed by atoms with Crippen LogP contribution in [0.25, 0.3) is 11.1 Å². The molecule has 0 saturated carbocycles. The average Bonchev–Trinajstić information content (AvgIpc) is 2.46. The normalized spacial score (nSPS) is 10.5. The minimum atomic E-state index is -1.15. The second-order valence-corrected chi connectivity index (χ2v) is 2.71. The Morgan fingerprint density at radius 3 is 3.00 bits per heavy atom. The van der Waals surface area contributed by atoms with Crippen LogP contribution < -0.4 is 0 Å². The van der Waals surface area contributed by atoms with Crippen LogP contribution in [0, 0.1) is 0 Å². The van der Waals surface area contributed by atoms with E-state index in [0.29, 0.717) is 5.39 Å². The molecule has 66 valence electrons. The first-order valence-corrected chi connectivity index (χ1v) is 3.71. The number of carboxylic acids is 1. The Hall–Kier alpha value is -1.62. The summed E-state index contributed by atoms with van der Waals surface area (Å²) >= 11 is 5.56. The summed E-state index contributed by atoms with van der Waals surface area (Å²) < 4.78 is 4.66. The molecule has 0 atom stereocenters. The lowest BCUT2D eigenvalue weighted by molar-refractivity contribution is 0.0688. The molecule has 1 N–H and O–H groups in total. The molecule has 0 aliphatic carbocycles. The van der Waals surface area contributed by atoms with E-state index in [4.69, 9.17) is 16.7 Å². The van der Waals surface area contributed by atoms with Crippen molar-refractivity contribution in [3.05, 3.63) is 23.0 Å². The number of nitrogens with zero attached hydrogens (tertiary/aromatic N) is 2. The van der Waals surface area contributed by atoms with Crippen molar-refractivity contribution in [3.8, 4) is 0 Å². The first kappa shape index (κ1) is 8.00. The Bertz CT molecular complexity index is 480. The second-order valence-electron chi connectivity index (χ2n) is 2.32. The quantitative estimate of drug-likeness (QED) is 0.704. The molecular weight excluding hydrogens is 196 g/mol. The zero-order valence-electron chi connectivity index (χ0n) is 6.19. The summed E-state index contributed by atoms with van der Waals surface area (Å²) in [6.07, 6.45) is 0. The van der Waals surface area contributed by atoms with E-state index in [1.54, 1.807) is 0 Å². The summed E-state index contributed by atoms with van der Waals surface area (Å²) in [6.45, 7) is 0. The first-order chi connectivity index (χ1) is 6.18. The van der Waals surface area contributed by atoms with Crippen LogP contribution in [0.5, 0.6) is 0 Å². The van der Waals surface area contributed by atoms with Crippen molar-refractivity contribution >= 4 is 28.7 Å². The van der Waals surface area contributed by atoms with Gasteiger partial charge in [0.15, 0.2) is 0 Å². The molecule has 5 nitrogen and oxygen atoms in total. The Morgan fingerprint density at radius 1 is 1.54 bits per heavy atom. The number of pyridine rings is 1. The molecule has 0 aliphatic rings. The molecule has 0 aliphatic heterocycles.